The molecule has 110 valence electrons. The Bertz CT molecular complexity index is 733. The van der Waals surface area contributed by atoms with Crippen molar-refractivity contribution in [1.29, 1.82) is 0 Å². The van der Waals surface area contributed by atoms with E-state index in [0.717, 1.165) is 18.4 Å². The first-order valence-electron chi connectivity index (χ1n) is 6.60. The van der Waals surface area contributed by atoms with E-state index >= 15 is 0 Å². The maximum atomic E-state index is 12.8. The van der Waals surface area contributed by atoms with E-state index in [1.807, 2.05) is 12.1 Å². The average Bonchev–Trinajstić information content (AvgIpc) is 3.30. The van der Waals surface area contributed by atoms with E-state index in [-0.39, 0.29) is 16.1 Å². The molecule has 1 aliphatic carbocycles. The first kappa shape index (κ1) is 14.4. The van der Waals surface area contributed by atoms with E-state index in [0.29, 0.717) is 6.54 Å². The fourth-order valence-corrected chi connectivity index (χ4v) is 4.23. The first-order valence-corrected chi connectivity index (χ1v) is 8.42. The van der Waals surface area contributed by atoms with Gasteiger partial charge in [0.05, 0.1) is 0 Å². The predicted molar refractivity (Wildman–Crippen MR) is 79.2 cm³/mol. The summed E-state index contributed by atoms with van der Waals surface area (Å²) < 4.78 is 27.2. The standard InChI is InChI=1S/C14H14ClN3O2S/c15-14-13(2-1-7-17-14)21(19,20)18(12-3-4-12)10-11-5-8-16-9-6-11/h1-2,5-9,12H,3-4,10H2. The van der Waals surface area contributed by atoms with E-state index in [1.165, 1.54) is 16.6 Å². The van der Waals surface area contributed by atoms with Crippen molar-refractivity contribution >= 4 is 21.6 Å². The van der Waals surface area contributed by atoms with Crippen LogP contribution >= 0.6 is 11.6 Å². The minimum absolute atomic E-state index is 0.0119. The van der Waals surface area contributed by atoms with E-state index in [1.54, 1.807) is 18.5 Å². The first-order chi connectivity index (χ1) is 10.1. The Labute approximate surface area is 128 Å². The van der Waals surface area contributed by atoms with Crippen LogP contribution in [0.25, 0.3) is 0 Å². The third-order valence-corrected chi connectivity index (χ3v) is 5.70. The molecule has 0 aromatic carbocycles. The number of pyridine rings is 2. The highest BCUT2D eigenvalue weighted by molar-refractivity contribution is 7.89. The van der Waals surface area contributed by atoms with Crippen LogP contribution < -0.4 is 0 Å². The van der Waals surface area contributed by atoms with Crippen molar-refractivity contribution in [3.8, 4) is 0 Å². The summed E-state index contributed by atoms with van der Waals surface area (Å²) >= 11 is 5.95. The summed E-state index contributed by atoms with van der Waals surface area (Å²) in [4.78, 5) is 7.88. The van der Waals surface area contributed by atoms with Crippen molar-refractivity contribution in [1.82, 2.24) is 14.3 Å². The molecule has 2 heterocycles. The van der Waals surface area contributed by atoms with E-state index in [9.17, 15) is 8.42 Å². The van der Waals surface area contributed by atoms with Gasteiger partial charge in [0.15, 0.2) is 0 Å². The van der Waals surface area contributed by atoms with Crippen molar-refractivity contribution in [2.45, 2.75) is 30.3 Å². The lowest BCUT2D eigenvalue weighted by atomic mass is 10.3. The summed E-state index contributed by atoms with van der Waals surface area (Å²) in [6, 6.07) is 6.74. The molecule has 21 heavy (non-hydrogen) atoms. The lowest BCUT2D eigenvalue weighted by Crippen LogP contribution is -2.33. The van der Waals surface area contributed by atoms with E-state index in [2.05, 4.69) is 9.97 Å². The Morgan fingerprint density at radius 2 is 1.90 bits per heavy atom. The van der Waals surface area contributed by atoms with Gasteiger partial charge in [0.25, 0.3) is 0 Å². The van der Waals surface area contributed by atoms with Gasteiger partial charge in [-0.25, -0.2) is 13.4 Å². The zero-order valence-corrected chi connectivity index (χ0v) is 12.8. The summed E-state index contributed by atoms with van der Waals surface area (Å²) in [6.07, 6.45) is 6.55. The molecular weight excluding hydrogens is 310 g/mol. The largest absolute Gasteiger partial charge is 0.265 e. The lowest BCUT2D eigenvalue weighted by Gasteiger charge is -2.22. The minimum atomic E-state index is -3.65. The molecule has 5 nitrogen and oxygen atoms in total. The molecule has 0 bridgehead atoms. The van der Waals surface area contributed by atoms with Crippen molar-refractivity contribution < 1.29 is 8.42 Å². The van der Waals surface area contributed by atoms with Gasteiger partial charge in [-0.15, -0.1) is 0 Å². The van der Waals surface area contributed by atoms with Crippen LogP contribution in [0.2, 0.25) is 5.15 Å². The molecule has 0 N–H and O–H groups in total. The molecule has 0 radical (unpaired) electrons. The Hall–Kier alpha value is -1.50. The van der Waals surface area contributed by atoms with E-state index in [4.69, 9.17) is 11.6 Å². The highest BCUT2D eigenvalue weighted by Gasteiger charge is 2.39. The smallest absolute Gasteiger partial charge is 0.246 e. The van der Waals surface area contributed by atoms with Crippen LogP contribution in [0.1, 0.15) is 18.4 Å². The monoisotopic (exact) mass is 323 g/mol. The minimum Gasteiger partial charge on any atom is -0.265 e. The molecule has 0 atom stereocenters. The van der Waals surface area contributed by atoms with Crippen molar-refractivity contribution in [2.75, 3.05) is 0 Å². The summed E-state index contributed by atoms with van der Waals surface area (Å²) in [5, 5.41) is 0.0119. The molecule has 0 aliphatic heterocycles. The molecule has 1 saturated carbocycles. The third-order valence-electron chi connectivity index (χ3n) is 3.35. The van der Waals surface area contributed by atoms with Crippen LogP contribution in [0.15, 0.2) is 47.8 Å². The summed E-state index contributed by atoms with van der Waals surface area (Å²) in [6.45, 7) is 0.320. The number of halogens is 1. The fraction of sp³-hybridized carbons (Fsp3) is 0.286. The van der Waals surface area contributed by atoms with Gasteiger partial charge in [-0.05, 0) is 42.7 Å². The molecule has 2 aromatic heterocycles. The molecule has 1 fully saturated rings. The molecule has 0 saturated heterocycles. The predicted octanol–water partition coefficient (Wildman–Crippen LogP) is 2.48. The maximum Gasteiger partial charge on any atom is 0.246 e. The van der Waals surface area contributed by atoms with Crippen LogP contribution in [0, 0.1) is 0 Å². The lowest BCUT2D eigenvalue weighted by molar-refractivity contribution is 0.398. The molecule has 2 aromatic rings. The van der Waals surface area contributed by atoms with Gasteiger partial charge in [-0.2, -0.15) is 4.31 Å². The number of aromatic nitrogens is 2. The quantitative estimate of drug-likeness (QED) is 0.793. The zero-order valence-electron chi connectivity index (χ0n) is 11.2. The van der Waals surface area contributed by atoms with Gasteiger partial charge >= 0.3 is 0 Å². The highest BCUT2D eigenvalue weighted by atomic mass is 35.5. The summed E-state index contributed by atoms with van der Waals surface area (Å²) in [5.41, 5.74) is 0.903. The summed E-state index contributed by atoms with van der Waals surface area (Å²) in [7, 11) is -3.65. The van der Waals surface area contributed by atoms with Crippen LogP contribution in [0.5, 0.6) is 0 Å². The maximum absolute atomic E-state index is 12.8. The molecular formula is C14H14ClN3O2S. The third kappa shape index (κ3) is 3.07. The molecule has 0 unspecified atom stereocenters. The van der Waals surface area contributed by atoms with Gasteiger partial charge in [0.1, 0.15) is 10.0 Å². The zero-order chi connectivity index (χ0) is 14.9. The molecule has 1 aliphatic rings. The number of hydrogen-bond acceptors (Lipinski definition) is 4. The molecule has 3 rings (SSSR count). The highest BCUT2D eigenvalue weighted by Crippen LogP contribution is 2.34. The van der Waals surface area contributed by atoms with Crippen LogP contribution in [-0.4, -0.2) is 28.7 Å². The summed E-state index contributed by atoms with van der Waals surface area (Å²) in [5.74, 6) is 0. The van der Waals surface area contributed by atoms with Gasteiger partial charge in [-0.3, -0.25) is 4.98 Å². The number of rotatable bonds is 5. The Morgan fingerprint density at radius 3 is 2.52 bits per heavy atom. The van der Waals surface area contributed by atoms with Crippen molar-refractivity contribution in [3.05, 3.63) is 53.6 Å². The fourth-order valence-electron chi connectivity index (χ4n) is 2.13. The average molecular weight is 324 g/mol. The van der Waals surface area contributed by atoms with Crippen molar-refractivity contribution in [3.63, 3.8) is 0 Å². The molecule has 7 heteroatoms. The SMILES string of the molecule is O=S(=O)(c1cccnc1Cl)N(Cc1ccncc1)C1CC1. The van der Waals surface area contributed by atoms with Gasteiger partial charge < -0.3 is 0 Å². The number of nitrogens with zero attached hydrogens (tertiary/aromatic N) is 3. The topological polar surface area (TPSA) is 63.2 Å². The second-order valence-electron chi connectivity index (χ2n) is 4.93. The van der Waals surface area contributed by atoms with Crippen LogP contribution in [0.3, 0.4) is 0 Å². The van der Waals surface area contributed by atoms with Crippen molar-refractivity contribution in [2.24, 2.45) is 0 Å². The van der Waals surface area contributed by atoms with Gasteiger partial charge in [0, 0.05) is 31.2 Å². The molecule has 0 spiro atoms. The van der Waals surface area contributed by atoms with Crippen LogP contribution in [0.4, 0.5) is 0 Å². The van der Waals surface area contributed by atoms with Crippen LogP contribution in [-0.2, 0) is 16.6 Å². The Kier molecular flexibility index (Phi) is 3.93. The Morgan fingerprint density at radius 1 is 1.19 bits per heavy atom. The Balaban J connectivity index is 1.96. The molecule has 0 amide bonds. The normalized spacial score (nSPS) is 15.3. The number of sulfonamides is 1. The van der Waals surface area contributed by atoms with Gasteiger partial charge in [0.2, 0.25) is 10.0 Å². The number of hydrogen-bond donors (Lipinski definition) is 0. The second kappa shape index (κ2) is 5.71. The van der Waals surface area contributed by atoms with E-state index < -0.39 is 10.0 Å². The van der Waals surface area contributed by atoms with Gasteiger partial charge in [-0.1, -0.05) is 11.6 Å². The second-order valence-corrected chi connectivity index (χ2v) is 7.15.